The van der Waals surface area contributed by atoms with E-state index >= 15 is 0 Å². The van der Waals surface area contributed by atoms with Crippen molar-refractivity contribution in [2.75, 3.05) is 12.4 Å². The molecular weight excluding hydrogens is 352 g/mol. The summed E-state index contributed by atoms with van der Waals surface area (Å²) in [5.74, 6) is 1.34. The number of ether oxygens (including phenoxy) is 1. The molecule has 0 radical (unpaired) electrons. The highest BCUT2D eigenvalue weighted by Gasteiger charge is 2.15. The van der Waals surface area contributed by atoms with Crippen molar-refractivity contribution in [3.05, 3.63) is 66.4 Å². The largest absolute Gasteiger partial charge is 0.497 e. The van der Waals surface area contributed by atoms with Crippen LogP contribution in [0.5, 0.6) is 5.75 Å². The van der Waals surface area contributed by atoms with Crippen LogP contribution in [0.25, 0.3) is 22.2 Å². The van der Waals surface area contributed by atoms with Crippen LogP contribution in [0.4, 0.5) is 5.82 Å². The monoisotopic (exact) mass is 374 g/mol. The van der Waals surface area contributed by atoms with Crippen molar-refractivity contribution < 1.29 is 9.53 Å². The number of anilines is 1. The lowest BCUT2D eigenvalue weighted by Crippen LogP contribution is -2.13. The van der Waals surface area contributed by atoms with E-state index in [-0.39, 0.29) is 5.91 Å². The van der Waals surface area contributed by atoms with Gasteiger partial charge in [0.15, 0.2) is 5.82 Å². The van der Waals surface area contributed by atoms with Crippen molar-refractivity contribution in [2.45, 2.75) is 12.8 Å². The molecule has 2 aromatic carbocycles. The number of H-pyrrole nitrogens is 1. The molecule has 0 fully saturated rings. The van der Waals surface area contributed by atoms with E-state index in [9.17, 15) is 4.79 Å². The molecule has 0 aliphatic rings. The third-order valence-corrected chi connectivity index (χ3v) is 4.78. The highest BCUT2D eigenvalue weighted by molar-refractivity contribution is 5.93. The minimum atomic E-state index is -0.0512. The van der Waals surface area contributed by atoms with Gasteiger partial charge in [0.25, 0.3) is 0 Å². The number of para-hydroxylation sites is 1. The van der Waals surface area contributed by atoms with Gasteiger partial charge in [0.1, 0.15) is 5.75 Å². The lowest BCUT2D eigenvalue weighted by molar-refractivity contribution is -0.116. The molecule has 0 aliphatic heterocycles. The van der Waals surface area contributed by atoms with Crippen LogP contribution in [0.15, 0.2) is 60.8 Å². The zero-order valence-electron chi connectivity index (χ0n) is 15.9. The average molecular weight is 374 g/mol. The average Bonchev–Trinajstić information content (AvgIpc) is 3.29. The minimum Gasteiger partial charge on any atom is -0.497 e. The topological polar surface area (TPSA) is 71.9 Å². The number of amides is 1. The van der Waals surface area contributed by atoms with E-state index in [0.29, 0.717) is 18.7 Å². The minimum absolute atomic E-state index is 0.0512. The molecule has 0 bridgehead atoms. The van der Waals surface area contributed by atoms with Gasteiger partial charge in [0.05, 0.1) is 7.11 Å². The summed E-state index contributed by atoms with van der Waals surface area (Å²) in [4.78, 5) is 15.9. The summed E-state index contributed by atoms with van der Waals surface area (Å²) in [6.45, 7) is 0. The van der Waals surface area contributed by atoms with Crippen LogP contribution < -0.4 is 10.1 Å². The third kappa shape index (κ3) is 3.62. The van der Waals surface area contributed by atoms with Gasteiger partial charge in [-0.05, 0) is 47.9 Å². The summed E-state index contributed by atoms with van der Waals surface area (Å²) in [5.41, 5.74) is 4.30. The molecule has 4 aromatic rings. The number of fused-ring (bicyclic) bond motifs is 1. The van der Waals surface area contributed by atoms with Crippen molar-refractivity contribution in [2.24, 2.45) is 7.05 Å². The summed E-state index contributed by atoms with van der Waals surface area (Å²) in [6, 6.07) is 17.9. The molecule has 6 heteroatoms. The molecule has 0 spiro atoms. The predicted octanol–water partition coefficient (Wildman–Crippen LogP) is 4.15. The Balaban J connectivity index is 1.60. The van der Waals surface area contributed by atoms with E-state index in [1.165, 1.54) is 0 Å². The van der Waals surface area contributed by atoms with Crippen LogP contribution in [-0.4, -0.2) is 27.8 Å². The van der Waals surface area contributed by atoms with Gasteiger partial charge in [-0.3, -0.25) is 9.48 Å². The number of carbonyl (C=O) groups is 1. The first-order valence-corrected chi connectivity index (χ1v) is 9.17. The summed E-state index contributed by atoms with van der Waals surface area (Å²) in [7, 11) is 3.48. The van der Waals surface area contributed by atoms with Crippen LogP contribution >= 0.6 is 0 Å². The lowest BCUT2D eigenvalue weighted by Gasteiger charge is -2.07. The van der Waals surface area contributed by atoms with Gasteiger partial charge in [-0.1, -0.05) is 18.2 Å². The maximum absolute atomic E-state index is 12.4. The zero-order chi connectivity index (χ0) is 19.5. The summed E-state index contributed by atoms with van der Waals surface area (Å²) in [6.07, 6.45) is 2.81. The molecule has 2 aromatic heterocycles. The Labute approximate surface area is 163 Å². The summed E-state index contributed by atoms with van der Waals surface area (Å²) in [5, 5.41) is 8.18. The summed E-state index contributed by atoms with van der Waals surface area (Å²) < 4.78 is 6.92. The van der Waals surface area contributed by atoms with Crippen molar-refractivity contribution in [3.8, 4) is 17.0 Å². The molecule has 4 rings (SSSR count). The van der Waals surface area contributed by atoms with Gasteiger partial charge in [-0.2, -0.15) is 5.10 Å². The first-order chi connectivity index (χ1) is 13.6. The van der Waals surface area contributed by atoms with Crippen molar-refractivity contribution in [1.82, 2.24) is 14.8 Å². The van der Waals surface area contributed by atoms with Crippen LogP contribution in [0.2, 0.25) is 0 Å². The maximum atomic E-state index is 12.4. The SMILES string of the molecule is COc1ccc(-c2[nH]c3ccccc3c2CCC(=O)Nc2ccn(C)n2)cc1. The molecule has 0 saturated heterocycles. The van der Waals surface area contributed by atoms with Gasteiger partial charge in [-0.25, -0.2) is 0 Å². The fourth-order valence-electron chi connectivity index (χ4n) is 3.39. The Kier molecular flexibility index (Phi) is 4.85. The second kappa shape index (κ2) is 7.60. The molecule has 0 aliphatic carbocycles. The van der Waals surface area contributed by atoms with E-state index in [4.69, 9.17) is 4.74 Å². The fourth-order valence-corrected chi connectivity index (χ4v) is 3.39. The number of methoxy groups -OCH3 is 1. The molecule has 1 amide bonds. The quantitative estimate of drug-likeness (QED) is 0.533. The first kappa shape index (κ1) is 17.9. The third-order valence-electron chi connectivity index (χ3n) is 4.78. The van der Waals surface area contributed by atoms with Crippen LogP contribution in [0.1, 0.15) is 12.0 Å². The van der Waals surface area contributed by atoms with E-state index < -0.39 is 0 Å². The van der Waals surface area contributed by atoms with E-state index in [2.05, 4.69) is 27.5 Å². The summed E-state index contributed by atoms with van der Waals surface area (Å²) >= 11 is 0. The molecule has 0 atom stereocenters. The number of nitrogens with one attached hydrogen (secondary N) is 2. The number of hydrogen-bond acceptors (Lipinski definition) is 3. The molecule has 2 heterocycles. The molecule has 2 N–H and O–H groups in total. The smallest absolute Gasteiger partial charge is 0.225 e. The Bertz CT molecular complexity index is 1110. The Morgan fingerprint density at radius 3 is 2.64 bits per heavy atom. The number of nitrogens with zero attached hydrogens (tertiary/aromatic N) is 2. The van der Waals surface area contributed by atoms with Crippen molar-refractivity contribution >= 4 is 22.6 Å². The van der Waals surface area contributed by atoms with Crippen LogP contribution in [0, 0.1) is 0 Å². The first-order valence-electron chi connectivity index (χ1n) is 9.17. The molecular formula is C22H22N4O2. The van der Waals surface area contributed by atoms with Gasteiger partial charge in [-0.15, -0.1) is 0 Å². The van der Waals surface area contributed by atoms with Gasteiger partial charge < -0.3 is 15.0 Å². The molecule has 6 nitrogen and oxygen atoms in total. The highest BCUT2D eigenvalue weighted by Crippen LogP contribution is 2.32. The number of aromatic nitrogens is 3. The maximum Gasteiger partial charge on any atom is 0.225 e. The van der Waals surface area contributed by atoms with Crippen molar-refractivity contribution in [1.29, 1.82) is 0 Å². The Hall–Kier alpha value is -3.54. The zero-order valence-corrected chi connectivity index (χ0v) is 15.9. The van der Waals surface area contributed by atoms with Gasteiger partial charge >= 0.3 is 0 Å². The number of carbonyl (C=O) groups excluding carboxylic acids is 1. The Morgan fingerprint density at radius 2 is 1.93 bits per heavy atom. The molecule has 28 heavy (non-hydrogen) atoms. The standard InChI is InChI=1S/C22H22N4O2/c1-26-14-13-20(25-26)24-21(27)12-11-18-17-5-3-4-6-19(17)23-22(18)15-7-9-16(28-2)10-8-15/h3-10,13-14,23H,11-12H2,1-2H3,(H,24,25,27). The van der Waals surface area contributed by atoms with Gasteiger partial charge in [0, 0.05) is 42.3 Å². The number of rotatable bonds is 6. The predicted molar refractivity (Wildman–Crippen MR) is 110 cm³/mol. The number of aromatic amines is 1. The van der Waals surface area contributed by atoms with E-state index in [0.717, 1.165) is 33.5 Å². The van der Waals surface area contributed by atoms with Crippen LogP contribution in [0.3, 0.4) is 0 Å². The fraction of sp³-hybridized carbons (Fsp3) is 0.182. The van der Waals surface area contributed by atoms with Gasteiger partial charge in [0.2, 0.25) is 5.91 Å². The number of benzene rings is 2. The highest BCUT2D eigenvalue weighted by atomic mass is 16.5. The van der Waals surface area contributed by atoms with E-state index in [1.54, 1.807) is 24.1 Å². The molecule has 142 valence electrons. The second-order valence-electron chi connectivity index (χ2n) is 6.68. The molecule has 0 saturated carbocycles. The number of aryl methyl sites for hydroxylation is 2. The van der Waals surface area contributed by atoms with Crippen molar-refractivity contribution in [3.63, 3.8) is 0 Å². The number of hydrogen-bond donors (Lipinski definition) is 2. The Morgan fingerprint density at radius 1 is 1.14 bits per heavy atom. The van der Waals surface area contributed by atoms with Crippen LogP contribution in [-0.2, 0) is 18.3 Å². The lowest BCUT2D eigenvalue weighted by atomic mass is 10.0. The second-order valence-corrected chi connectivity index (χ2v) is 6.68. The normalized spacial score (nSPS) is 10.9. The molecule has 0 unspecified atom stereocenters. The van der Waals surface area contributed by atoms with E-state index in [1.807, 2.05) is 43.4 Å².